The molecule has 0 aliphatic rings. The largest absolute Gasteiger partial charge is 0.472 e. The number of aliphatic hydroxyl groups excluding tert-OH is 2. The van der Waals surface area contributed by atoms with Crippen LogP contribution in [0.5, 0.6) is 0 Å². The van der Waals surface area contributed by atoms with Crippen LogP contribution in [-0.4, -0.2) is 95.9 Å². The van der Waals surface area contributed by atoms with E-state index in [1.807, 2.05) is 0 Å². The number of hydrogen-bond acceptors (Lipinski definition) is 14. The highest BCUT2D eigenvalue weighted by atomic mass is 31.2. The highest BCUT2D eigenvalue weighted by Gasteiger charge is 2.29. The van der Waals surface area contributed by atoms with Gasteiger partial charge < -0.3 is 34.2 Å². The molecular weight excluding hydrogens is 1460 g/mol. The molecule has 0 fully saturated rings. The predicted molar refractivity (Wildman–Crippen MR) is 473 cm³/mol. The number of rotatable bonds is 85. The molecule has 0 aromatic carbocycles. The Morgan fingerprint density at radius 2 is 0.469 bits per heavy atom. The van der Waals surface area contributed by atoms with Crippen LogP contribution in [0.2, 0.25) is 0 Å². The number of allylic oxidation sites excluding steroid dienone is 24. The summed E-state index contributed by atoms with van der Waals surface area (Å²) in [5, 5.41) is 20.7. The molecule has 0 aromatic heterocycles. The molecule has 4 N–H and O–H groups in total. The predicted octanol–water partition coefficient (Wildman–Crippen LogP) is 27.6. The van der Waals surface area contributed by atoms with E-state index >= 15 is 0 Å². The van der Waals surface area contributed by atoms with Crippen molar-refractivity contribution in [3.05, 3.63) is 146 Å². The Hall–Kier alpha value is -4.57. The second kappa shape index (κ2) is 86.8. The zero-order valence-electron chi connectivity index (χ0n) is 71.5. The van der Waals surface area contributed by atoms with Crippen molar-refractivity contribution in [3.63, 3.8) is 0 Å². The van der Waals surface area contributed by atoms with Crippen molar-refractivity contribution >= 4 is 33.6 Å². The Morgan fingerprint density at radius 3 is 0.743 bits per heavy atom. The molecule has 5 unspecified atom stereocenters. The van der Waals surface area contributed by atoms with Crippen LogP contribution >= 0.6 is 15.6 Å². The van der Waals surface area contributed by atoms with E-state index < -0.39 is 91.5 Å². The van der Waals surface area contributed by atoms with E-state index in [0.717, 1.165) is 154 Å². The molecular formula is C95H164O16P2. The molecule has 0 amide bonds. The third kappa shape index (κ3) is 88.1. The SMILES string of the molecule is CC/C=C\C/C=C\C/C=C\C/C=C\C/C=C\C/C=C\CCCCCCCCCCCCCCCCCCC(=O)OCC(O)COP(=O)(O)OCC(O)COP(=O)(O)OCC(COC(=O)CCCCCCCCCCCC/C=C\C/C=C\C/C=C\C/C=C\C/C=C\C/C=C\CC)OC(=O)CCCCCCCCCCCCCCC. The lowest BCUT2D eigenvalue weighted by Gasteiger charge is -2.21. The number of carbonyl (C=O) groups excluding carboxylic acids is 3. The molecule has 16 nitrogen and oxygen atoms in total. The number of ether oxygens (including phenoxy) is 3. The summed E-state index contributed by atoms with van der Waals surface area (Å²) in [6.07, 6.45) is 109. The molecule has 5 atom stereocenters. The minimum Gasteiger partial charge on any atom is -0.463 e. The van der Waals surface area contributed by atoms with Gasteiger partial charge >= 0.3 is 33.6 Å². The van der Waals surface area contributed by atoms with E-state index in [4.69, 9.17) is 32.3 Å². The Kier molecular flexibility index (Phi) is 83.3. The van der Waals surface area contributed by atoms with Gasteiger partial charge in [-0.3, -0.25) is 32.5 Å². The molecule has 0 aliphatic heterocycles. The number of aliphatic hydroxyl groups is 2. The van der Waals surface area contributed by atoms with Gasteiger partial charge in [0.05, 0.1) is 26.4 Å². The van der Waals surface area contributed by atoms with Crippen LogP contribution in [0, 0.1) is 0 Å². The van der Waals surface area contributed by atoms with Gasteiger partial charge in [0, 0.05) is 19.3 Å². The number of phosphoric ester groups is 2. The van der Waals surface area contributed by atoms with Crippen LogP contribution in [0.15, 0.2) is 146 Å². The van der Waals surface area contributed by atoms with Gasteiger partial charge in [0.2, 0.25) is 0 Å². The minimum absolute atomic E-state index is 0.106. The summed E-state index contributed by atoms with van der Waals surface area (Å²) in [4.78, 5) is 58.8. The van der Waals surface area contributed by atoms with Gasteiger partial charge in [-0.15, -0.1) is 0 Å². The maximum atomic E-state index is 13.0. The Labute approximate surface area is 689 Å². The first-order valence-corrected chi connectivity index (χ1v) is 48.1. The third-order valence-corrected chi connectivity index (χ3v) is 21.0. The Bertz CT molecular complexity index is 2630. The Balaban J connectivity index is 4.40. The van der Waals surface area contributed by atoms with E-state index in [9.17, 15) is 43.5 Å². The lowest BCUT2D eigenvalue weighted by molar-refractivity contribution is -0.161. The lowest BCUT2D eigenvalue weighted by atomic mass is 10.0. The average molecular weight is 1620 g/mol. The summed E-state index contributed by atoms with van der Waals surface area (Å²) < 4.78 is 61.3. The normalized spacial score (nSPS) is 14.5. The zero-order chi connectivity index (χ0) is 82.2. The second-order valence-electron chi connectivity index (χ2n) is 30.0. The molecule has 650 valence electrons. The molecule has 0 heterocycles. The molecule has 18 heteroatoms. The fourth-order valence-corrected chi connectivity index (χ4v) is 13.9. The van der Waals surface area contributed by atoms with Crippen molar-refractivity contribution in [1.29, 1.82) is 0 Å². The smallest absolute Gasteiger partial charge is 0.463 e. The van der Waals surface area contributed by atoms with Crippen molar-refractivity contribution in [3.8, 4) is 0 Å². The topological polar surface area (TPSA) is 231 Å². The highest BCUT2D eigenvalue weighted by molar-refractivity contribution is 7.47. The van der Waals surface area contributed by atoms with Gasteiger partial charge in [-0.2, -0.15) is 0 Å². The van der Waals surface area contributed by atoms with Crippen molar-refractivity contribution < 1.29 is 75.8 Å². The van der Waals surface area contributed by atoms with Crippen LogP contribution < -0.4 is 0 Å². The van der Waals surface area contributed by atoms with Gasteiger partial charge in [0.15, 0.2) is 6.10 Å². The number of esters is 3. The molecule has 0 spiro atoms. The summed E-state index contributed by atoms with van der Waals surface area (Å²) in [7, 11) is -9.79. The second-order valence-corrected chi connectivity index (χ2v) is 32.9. The molecule has 113 heavy (non-hydrogen) atoms. The van der Waals surface area contributed by atoms with Crippen molar-refractivity contribution in [1.82, 2.24) is 0 Å². The van der Waals surface area contributed by atoms with Crippen LogP contribution in [-0.2, 0) is 55.8 Å². The van der Waals surface area contributed by atoms with Crippen LogP contribution in [0.1, 0.15) is 380 Å². The number of carbonyl (C=O) groups is 3. The zero-order valence-corrected chi connectivity index (χ0v) is 73.3. The number of unbranched alkanes of at least 4 members (excludes halogenated alkanes) is 38. The van der Waals surface area contributed by atoms with E-state index in [-0.39, 0.29) is 19.3 Å². The average Bonchev–Trinajstić information content (AvgIpc) is 0.903. The van der Waals surface area contributed by atoms with Gasteiger partial charge in [0.25, 0.3) is 0 Å². The summed E-state index contributed by atoms with van der Waals surface area (Å²) in [5.41, 5.74) is 0. The summed E-state index contributed by atoms with van der Waals surface area (Å²) >= 11 is 0. The van der Waals surface area contributed by atoms with Gasteiger partial charge in [-0.1, -0.05) is 385 Å². The molecule has 0 rings (SSSR count). The lowest BCUT2D eigenvalue weighted by Crippen LogP contribution is -2.30. The van der Waals surface area contributed by atoms with E-state index in [1.165, 1.54) is 167 Å². The van der Waals surface area contributed by atoms with Crippen molar-refractivity contribution in [2.24, 2.45) is 0 Å². The van der Waals surface area contributed by atoms with Crippen LogP contribution in [0.4, 0.5) is 0 Å². The first kappa shape index (κ1) is 108. The molecule has 0 saturated carbocycles. The van der Waals surface area contributed by atoms with Gasteiger partial charge in [-0.25, -0.2) is 9.13 Å². The first-order chi connectivity index (χ1) is 55.2. The fraction of sp³-hybridized carbons (Fsp3) is 0.716. The van der Waals surface area contributed by atoms with Crippen molar-refractivity contribution in [2.45, 2.75) is 399 Å². The maximum absolute atomic E-state index is 13.0. The van der Waals surface area contributed by atoms with Gasteiger partial charge in [-0.05, 0) is 122 Å². The van der Waals surface area contributed by atoms with E-state index in [0.29, 0.717) is 19.3 Å². The summed E-state index contributed by atoms with van der Waals surface area (Å²) in [6, 6.07) is 0. The summed E-state index contributed by atoms with van der Waals surface area (Å²) in [5.74, 6) is -1.56. The Morgan fingerprint density at radius 1 is 0.257 bits per heavy atom. The first-order valence-electron chi connectivity index (χ1n) is 45.1. The minimum atomic E-state index is -4.93. The highest BCUT2D eigenvalue weighted by Crippen LogP contribution is 2.45. The quantitative estimate of drug-likeness (QED) is 0.0146. The van der Waals surface area contributed by atoms with Crippen LogP contribution in [0.25, 0.3) is 0 Å². The molecule has 0 radical (unpaired) electrons. The molecule has 0 aromatic rings. The van der Waals surface area contributed by atoms with E-state index in [1.54, 1.807) is 0 Å². The van der Waals surface area contributed by atoms with Crippen molar-refractivity contribution in [2.75, 3.05) is 39.6 Å². The molecule has 0 saturated heterocycles. The van der Waals surface area contributed by atoms with Crippen LogP contribution in [0.3, 0.4) is 0 Å². The maximum Gasteiger partial charge on any atom is 0.472 e. The third-order valence-electron chi connectivity index (χ3n) is 19.1. The fourth-order valence-electron chi connectivity index (χ4n) is 12.3. The molecule has 0 bridgehead atoms. The van der Waals surface area contributed by atoms with E-state index in [2.05, 4.69) is 167 Å². The summed E-state index contributed by atoms with van der Waals surface area (Å²) in [6.45, 7) is 2.50. The number of phosphoric acid groups is 2. The van der Waals surface area contributed by atoms with Gasteiger partial charge in [0.1, 0.15) is 25.4 Å². The number of hydrogen-bond donors (Lipinski definition) is 4. The molecule has 0 aliphatic carbocycles. The standard InChI is InChI=1S/C95H164O16P2/c1-4-7-10-13-16-19-22-25-27-29-31-33-35-37-39-41-42-43-44-45-46-48-50-51-53-55-57-59-61-64-66-69-72-75-78-81-93(98)105-84-90(96)85-107-112(101,102)108-86-91(97)87-109-113(103,104)110-89-92(111-95(100)83-80-77-74-71-68-63-24-21-18-15-12-9-6-3)88-106-94(99)82-79-76-73-70-67-65-62-60-58-56-54-52-49-47-40-38-36-34-32-30-28-26-23-20-17-14-11-8-5-2/h7-8,10-11,16-17,19-20,25-28,31-34,37-40,42-43,49,52,90-92,96-97H,4-6,9,12-15,18,21-24,29-30,35-36,41,44-48,50-51,53-89H2,1-3H3,(H,101,102)(H,103,104)/b10-7-,11-8-,19-16-,20-17-,27-25-,28-26-,33-31-,34-32-,39-37-,40-38-,43-42-,52-49-. The monoisotopic (exact) mass is 1620 g/mol.